The summed E-state index contributed by atoms with van der Waals surface area (Å²) < 4.78 is 155. The van der Waals surface area contributed by atoms with Crippen LogP contribution in [-0.2, 0) is 13.7 Å². The van der Waals surface area contributed by atoms with Gasteiger partial charge in [0.1, 0.15) is 0 Å². The third-order valence-corrected chi connectivity index (χ3v) is 12.7. The van der Waals surface area contributed by atoms with E-state index in [9.17, 15) is 39.2 Å². The van der Waals surface area contributed by atoms with Gasteiger partial charge in [-0.2, -0.15) is 47.9 Å². The van der Waals surface area contributed by atoms with Crippen molar-refractivity contribution in [1.82, 2.24) is 0 Å². The second-order valence-electron chi connectivity index (χ2n) is 7.95. The third-order valence-electron chi connectivity index (χ3n) is 5.20. The molecule has 0 radical (unpaired) electrons. The fourth-order valence-electron chi connectivity index (χ4n) is 3.36. The molecule has 0 saturated carbocycles. The summed E-state index contributed by atoms with van der Waals surface area (Å²) in [5.74, 6) is -15.2. The summed E-state index contributed by atoms with van der Waals surface area (Å²) in [6, 6.07) is 9.12. The average Bonchev–Trinajstić information content (AvgIpc) is 2.81. The molecule has 0 heterocycles. The Kier molecular flexibility index (Phi) is 9.94. The molecule has 0 saturated heterocycles. The van der Waals surface area contributed by atoms with Gasteiger partial charge in [0, 0.05) is 14.9 Å². The van der Waals surface area contributed by atoms with E-state index in [1.54, 1.807) is 0 Å². The van der Waals surface area contributed by atoms with Crippen LogP contribution in [0.3, 0.4) is 0 Å². The van der Waals surface area contributed by atoms with E-state index in [-0.39, 0.29) is 10.0 Å². The predicted octanol–water partition coefficient (Wildman–Crippen LogP) is 11.6. The molecule has 20 heteroatoms. The van der Waals surface area contributed by atoms with E-state index >= 15 is 8.78 Å². The quantitative estimate of drug-likeness (QED) is 0.214. The van der Waals surface area contributed by atoms with Crippen LogP contribution in [0.25, 0.3) is 0 Å². The molecule has 0 fully saturated rings. The molecule has 0 amide bonds. The van der Waals surface area contributed by atoms with Crippen LogP contribution in [0.4, 0.5) is 39.5 Å². The van der Waals surface area contributed by atoms with Crippen molar-refractivity contribution < 1.29 is 51.6 Å². The van der Waals surface area contributed by atoms with Crippen molar-refractivity contribution in [3.05, 3.63) is 84.7 Å². The van der Waals surface area contributed by atoms with Gasteiger partial charge in [-0.15, -0.1) is 0 Å². The minimum absolute atomic E-state index is 0.229. The fraction of sp³-hybridized carbons (Fsp3) is 0.182. The fourth-order valence-corrected chi connectivity index (χ4v) is 11.6. The molecule has 0 aliphatic heterocycles. The van der Waals surface area contributed by atoms with E-state index in [2.05, 4.69) is 0 Å². The summed E-state index contributed by atoms with van der Waals surface area (Å²) in [4.78, 5) is -2.12. The molecule has 0 aromatic heterocycles. The van der Waals surface area contributed by atoms with Crippen LogP contribution >= 0.6 is 79.9 Å². The van der Waals surface area contributed by atoms with E-state index in [1.165, 1.54) is 6.07 Å². The zero-order valence-electron chi connectivity index (χ0n) is 19.4. The first-order valence-electron chi connectivity index (χ1n) is 10.3. The summed E-state index contributed by atoms with van der Waals surface area (Å²) in [5.41, 5.74) is 0. The zero-order valence-corrected chi connectivity index (χ0v) is 25.6. The van der Waals surface area contributed by atoms with Crippen molar-refractivity contribution in [2.75, 3.05) is 0 Å². The summed E-state index contributed by atoms with van der Waals surface area (Å²) in [6.07, 6.45) is -7.33. The van der Waals surface area contributed by atoms with Gasteiger partial charge in [0.25, 0.3) is 0 Å². The molecule has 3 rings (SSSR count). The molecule has 42 heavy (non-hydrogen) atoms. The first kappa shape index (κ1) is 35.5. The maximum absolute atomic E-state index is 15.0. The Labute approximate surface area is 263 Å². The number of hydrogen-bond acceptors (Lipinski definition) is 3. The van der Waals surface area contributed by atoms with Crippen LogP contribution in [-0.4, -0.2) is 31.7 Å². The number of hydrogen-bond donors (Lipinski definition) is 0. The van der Waals surface area contributed by atoms with Gasteiger partial charge in [0.2, 0.25) is 0 Å². The zero-order chi connectivity index (χ0) is 32.3. The van der Waals surface area contributed by atoms with Gasteiger partial charge in [-0.1, -0.05) is 87.8 Å². The van der Waals surface area contributed by atoms with Crippen LogP contribution in [0.15, 0.2) is 69.3 Å². The Morgan fingerprint density at radius 1 is 0.571 bits per heavy atom. The summed E-state index contributed by atoms with van der Waals surface area (Å²) in [5, 5.41) is -10.4. The molecule has 0 aliphatic carbocycles. The van der Waals surface area contributed by atoms with Crippen LogP contribution in [0.5, 0.6) is 0 Å². The molecule has 0 aliphatic rings. The lowest BCUT2D eigenvalue weighted by atomic mass is 10.1. The number of benzene rings is 3. The lowest BCUT2D eigenvalue weighted by molar-refractivity contribution is -0.382. The maximum Gasteiger partial charge on any atom is 0.460 e. The largest absolute Gasteiger partial charge is 0.460 e. The van der Waals surface area contributed by atoms with Gasteiger partial charge in [-0.3, -0.25) is 0 Å². The Balaban J connectivity index is 2.56. The maximum atomic E-state index is 15.0. The van der Waals surface area contributed by atoms with Gasteiger partial charge in [-0.05, 0) is 46.7 Å². The Morgan fingerprint density at radius 3 is 1.26 bits per heavy atom. The second kappa shape index (κ2) is 11.8. The summed E-state index contributed by atoms with van der Waals surface area (Å²) >= 11 is 36.9. The number of alkyl halides is 9. The normalized spacial score (nSPS) is 14.3. The minimum atomic E-state index is -7.62. The highest BCUT2D eigenvalue weighted by Gasteiger charge is 2.86. The summed E-state index contributed by atoms with van der Waals surface area (Å²) in [6.45, 7) is 0. The van der Waals surface area contributed by atoms with Crippen molar-refractivity contribution in [3.63, 3.8) is 0 Å². The Bertz CT molecular complexity index is 1520. The molecule has 3 aromatic carbocycles. The molecule has 3 nitrogen and oxygen atoms in total. The van der Waals surface area contributed by atoms with Crippen LogP contribution in [0.2, 0.25) is 30.1 Å². The smallest absolute Gasteiger partial charge is 0.202 e. The first-order valence-corrected chi connectivity index (χ1v) is 15.5. The van der Waals surface area contributed by atoms with Gasteiger partial charge in [-0.25, -0.2) is 3.63 Å². The van der Waals surface area contributed by atoms with E-state index in [0.29, 0.717) is 0 Å². The molecule has 3 aromatic rings. The topological polar surface area (TPSA) is 43.4 Å². The molecule has 0 bridgehead atoms. The van der Waals surface area contributed by atoms with E-state index in [4.69, 9.17) is 73.2 Å². The Morgan fingerprint density at radius 2 is 0.929 bits per heavy atom. The summed E-state index contributed by atoms with van der Waals surface area (Å²) in [7, 11) is -12.3. The lowest BCUT2D eigenvalue weighted by Crippen LogP contribution is -2.63. The third kappa shape index (κ3) is 5.76. The van der Waals surface area contributed by atoms with Crippen LogP contribution in [0.1, 0.15) is 0 Å². The Hall–Kier alpha value is -0.970. The highest BCUT2D eigenvalue weighted by Crippen LogP contribution is 2.76. The van der Waals surface area contributed by atoms with Gasteiger partial charge >= 0.3 is 33.4 Å². The molecule has 232 valence electrons. The van der Waals surface area contributed by atoms with Gasteiger partial charge in [0.15, 0.2) is 0 Å². The monoisotopic (exact) mass is 766 g/mol. The van der Waals surface area contributed by atoms with Crippen LogP contribution in [0, 0.1) is 0 Å². The minimum Gasteiger partial charge on any atom is -0.202 e. The van der Waals surface area contributed by atoms with E-state index in [1.807, 2.05) is 0 Å². The average molecular weight is 769 g/mol. The highest BCUT2D eigenvalue weighted by molar-refractivity contribution is 8.33. The standard InChI is InChI=1S/C22H9Cl6F9O3S2/c23-10-6-13(25)17(14(26)7-10)41(12-4-2-1-3-5-12,18-15(27)8-11(24)9-16(18)28)40-42(38,39)22(36,37)20(31,32)19(29,30)21(33,34)35/h1-9H. The SMILES string of the molecule is O=S(=O)(OS(c1ccccc1)(c1c(Cl)cc(Cl)cc1Cl)c1c(Cl)cc(Cl)cc1Cl)C(F)(F)C(F)(F)C(F)(F)C(F)(F)F. The van der Waals surface area contributed by atoms with Crippen molar-refractivity contribution in [2.45, 2.75) is 38.0 Å². The van der Waals surface area contributed by atoms with Crippen molar-refractivity contribution in [1.29, 1.82) is 0 Å². The van der Waals surface area contributed by atoms with Gasteiger partial charge in [0.05, 0.1) is 29.9 Å². The number of halogens is 15. The molecular formula is C22H9Cl6F9O3S2. The molecule has 0 N–H and O–H groups in total. The molecular weight excluding hydrogens is 760 g/mol. The molecule has 0 atom stereocenters. The highest BCUT2D eigenvalue weighted by atomic mass is 35.5. The van der Waals surface area contributed by atoms with E-state index < -0.39 is 78.5 Å². The first-order chi connectivity index (χ1) is 19.0. The second-order valence-corrected chi connectivity index (χ2v) is 14.8. The molecule has 0 unspecified atom stereocenters. The van der Waals surface area contributed by atoms with E-state index in [0.717, 1.165) is 48.5 Å². The van der Waals surface area contributed by atoms with Crippen molar-refractivity contribution in [2.24, 2.45) is 0 Å². The van der Waals surface area contributed by atoms with Crippen LogP contribution < -0.4 is 0 Å². The lowest BCUT2D eigenvalue weighted by Gasteiger charge is -2.42. The van der Waals surface area contributed by atoms with Crippen molar-refractivity contribution >= 4 is 90.0 Å². The molecule has 0 spiro atoms. The van der Waals surface area contributed by atoms with Gasteiger partial charge < -0.3 is 0 Å². The number of rotatable bonds is 8. The predicted molar refractivity (Wildman–Crippen MR) is 143 cm³/mol. The van der Waals surface area contributed by atoms with Crippen molar-refractivity contribution in [3.8, 4) is 0 Å².